The fourth-order valence-corrected chi connectivity index (χ4v) is 3.45. The molecule has 0 spiro atoms. The van der Waals surface area contributed by atoms with Crippen LogP contribution < -0.4 is 14.2 Å². The van der Waals surface area contributed by atoms with Gasteiger partial charge in [0.1, 0.15) is 5.75 Å². The van der Waals surface area contributed by atoms with Crippen LogP contribution in [0.15, 0.2) is 60.8 Å². The number of rotatable bonds is 5. The highest BCUT2D eigenvalue weighted by molar-refractivity contribution is 5.94. The standard InChI is InChI=1S/C23H22N2O4/c1-27-20-12-16-9-11-25(15-18(16)13-21(20)28-2)23(26)17-8-10-24-22(14-17)29-19-6-4-3-5-7-19/h3-8,10,12-14H,9,11,15H2,1-2H3. The molecule has 0 aliphatic carbocycles. The Balaban J connectivity index is 1.53. The van der Waals surface area contributed by atoms with E-state index in [-0.39, 0.29) is 5.91 Å². The van der Waals surface area contributed by atoms with Crippen molar-refractivity contribution in [2.75, 3.05) is 20.8 Å². The molecule has 0 atom stereocenters. The number of carbonyl (C=O) groups excluding carboxylic acids is 1. The van der Waals surface area contributed by atoms with Crippen LogP contribution >= 0.6 is 0 Å². The molecule has 0 unspecified atom stereocenters. The summed E-state index contributed by atoms with van der Waals surface area (Å²) in [7, 11) is 3.24. The molecule has 0 fully saturated rings. The van der Waals surface area contributed by atoms with Crippen molar-refractivity contribution in [3.63, 3.8) is 0 Å². The summed E-state index contributed by atoms with van der Waals surface area (Å²) in [5, 5.41) is 0. The molecule has 0 radical (unpaired) electrons. The fraction of sp³-hybridized carbons (Fsp3) is 0.217. The van der Waals surface area contributed by atoms with Crippen molar-refractivity contribution >= 4 is 5.91 Å². The average Bonchev–Trinajstić information content (AvgIpc) is 2.78. The van der Waals surface area contributed by atoms with Gasteiger partial charge in [-0.1, -0.05) is 18.2 Å². The molecule has 2 heterocycles. The van der Waals surface area contributed by atoms with Gasteiger partial charge in [-0.05, 0) is 47.9 Å². The summed E-state index contributed by atoms with van der Waals surface area (Å²) in [6.45, 7) is 1.16. The highest BCUT2D eigenvalue weighted by Gasteiger charge is 2.24. The summed E-state index contributed by atoms with van der Waals surface area (Å²) in [4.78, 5) is 19.1. The minimum absolute atomic E-state index is 0.0502. The molecule has 0 saturated heterocycles. The quantitative estimate of drug-likeness (QED) is 0.657. The number of nitrogens with zero attached hydrogens (tertiary/aromatic N) is 2. The number of pyridine rings is 1. The van der Waals surface area contributed by atoms with Crippen LogP contribution in [-0.2, 0) is 13.0 Å². The lowest BCUT2D eigenvalue weighted by Gasteiger charge is -2.29. The summed E-state index contributed by atoms with van der Waals surface area (Å²) in [6.07, 6.45) is 2.36. The van der Waals surface area contributed by atoms with E-state index in [0.29, 0.717) is 41.8 Å². The zero-order valence-corrected chi connectivity index (χ0v) is 16.4. The summed E-state index contributed by atoms with van der Waals surface area (Å²) in [5.41, 5.74) is 2.79. The van der Waals surface area contributed by atoms with Gasteiger partial charge in [0.2, 0.25) is 5.88 Å². The Hall–Kier alpha value is -3.54. The summed E-state index contributed by atoms with van der Waals surface area (Å²) in [6, 6.07) is 16.7. The SMILES string of the molecule is COc1cc2c(cc1OC)CN(C(=O)c1ccnc(Oc3ccccc3)c1)CC2. The van der Waals surface area contributed by atoms with Crippen LogP contribution in [0.25, 0.3) is 0 Å². The number of fused-ring (bicyclic) bond motifs is 1. The van der Waals surface area contributed by atoms with Crippen molar-refractivity contribution in [2.24, 2.45) is 0 Å². The van der Waals surface area contributed by atoms with Gasteiger partial charge < -0.3 is 19.1 Å². The Labute approximate surface area is 169 Å². The Morgan fingerprint density at radius 1 is 0.966 bits per heavy atom. The number of para-hydroxylation sites is 1. The van der Waals surface area contributed by atoms with Gasteiger partial charge in [0.25, 0.3) is 5.91 Å². The van der Waals surface area contributed by atoms with Crippen molar-refractivity contribution in [1.29, 1.82) is 0 Å². The summed E-state index contributed by atoms with van der Waals surface area (Å²) >= 11 is 0. The van der Waals surface area contributed by atoms with Crippen LogP contribution in [0, 0.1) is 0 Å². The maximum Gasteiger partial charge on any atom is 0.254 e. The molecule has 0 N–H and O–H groups in total. The van der Waals surface area contributed by atoms with E-state index in [0.717, 1.165) is 12.0 Å². The van der Waals surface area contributed by atoms with Gasteiger partial charge in [-0.15, -0.1) is 0 Å². The third kappa shape index (κ3) is 4.01. The Morgan fingerprint density at radius 3 is 2.41 bits per heavy atom. The Bertz CT molecular complexity index is 1020. The number of amides is 1. The van der Waals surface area contributed by atoms with Gasteiger partial charge in [0.05, 0.1) is 14.2 Å². The molecule has 4 rings (SSSR count). The maximum atomic E-state index is 13.1. The maximum absolute atomic E-state index is 13.1. The zero-order valence-electron chi connectivity index (χ0n) is 16.4. The van der Waals surface area contributed by atoms with Crippen LogP contribution in [0.4, 0.5) is 0 Å². The summed E-state index contributed by atoms with van der Waals surface area (Å²) in [5.74, 6) is 2.40. The predicted molar refractivity (Wildman–Crippen MR) is 109 cm³/mol. The lowest BCUT2D eigenvalue weighted by molar-refractivity contribution is 0.0734. The van der Waals surface area contributed by atoms with E-state index >= 15 is 0 Å². The van der Waals surface area contributed by atoms with Gasteiger partial charge >= 0.3 is 0 Å². The number of ether oxygens (including phenoxy) is 3. The number of aromatic nitrogens is 1. The zero-order chi connectivity index (χ0) is 20.2. The molecule has 3 aromatic rings. The van der Waals surface area contributed by atoms with Crippen molar-refractivity contribution in [3.05, 3.63) is 77.5 Å². The number of hydrogen-bond donors (Lipinski definition) is 0. The van der Waals surface area contributed by atoms with E-state index in [1.54, 1.807) is 32.5 Å². The van der Waals surface area contributed by atoms with Crippen LogP contribution in [0.1, 0.15) is 21.5 Å². The first kappa shape index (κ1) is 18.8. The average molecular weight is 390 g/mol. The molecule has 6 nitrogen and oxygen atoms in total. The molecule has 1 aromatic heterocycles. The van der Waals surface area contributed by atoms with Crippen LogP contribution in [-0.4, -0.2) is 36.6 Å². The molecular formula is C23H22N2O4. The third-order valence-electron chi connectivity index (χ3n) is 4.95. The molecule has 1 amide bonds. The van der Waals surface area contributed by atoms with Crippen molar-refractivity contribution in [3.8, 4) is 23.1 Å². The van der Waals surface area contributed by atoms with E-state index in [2.05, 4.69) is 4.98 Å². The number of hydrogen-bond acceptors (Lipinski definition) is 5. The molecule has 0 saturated carbocycles. The largest absolute Gasteiger partial charge is 0.493 e. The highest BCUT2D eigenvalue weighted by atomic mass is 16.5. The lowest BCUT2D eigenvalue weighted by Crippen LogP contribution is -2.36. The molecule has 6 heteroatoms. The first-order chi connectivity index (χ1) is 14.2. The van der Waals surface area contributed by atoms with Gasteiger partial charge in [-0.25, -0.2) is 4.98 Å². The highest BCUT2D eigenvalue weighted by Crippen LogP contribution is 2.33. The minimum atomic E-state index is -0.0502. The second kappa shape index (κ2) is 8.22. The molecule has 1 aliphatic heterocycles. The lowest BCUT2D eigenvalue weighted by atomic mass is 9.98. The van der Waals surface area contributed by atoms with Gasteiger partial charge in [0.15, 0.2) is 11.5 Å². The first-order valence-electron chi connectivity index (χ1n) is 9.40. The molecule has 2 aromatic carbocycles. The summed E-state index contributed by atoms with van der Waals surface area (Å²) < 4.78 is 16.5. The molecule has 0 bridgehead atoms. The van der Waals surface area contributed by atoms with Crippen molar-refractivity contribution in [2.45, 2.75) is 13.0 Å². The Kier molecular flexibility index (Phi) is 5.33. The van der Waals surface area contributed by atoms with Crippen LogP contribution in [0.3, 0.4) is 0 Å². The second-order valence-corrected chi connectivity index (χ2v) is 6.75. The van der Waals surface area contributed by atoms with Crippen LogP contribution in [0.5, 0.6) is 23.1 Å². The minimum Gasteiger partial charge on any atom is -0.493 e. The molecule has 1 aliphatic rings. The topological polar surface area (TPSA) is 60.9 Å². The third-order valence-corrected chi connectivity index (χ3v) is 4.95. The van der Waals surface area contributed by atoms with Crippen molar-refractivity contribution < 1.29 is 19.0 Å². The van der Waals surface area contributed by atoms with E-state index in [9.17, 15) is 4.79 Å². The first-order valence-corrected chi connectivity index (χ1v) is 9.40. The molecular weight excluding hydrogens is 368 g/mol. The second-order valence-electron chi connectivity index (χ2n) is 6.75. The van der Waals surface area contributed by atoms with E-state index in [1.165, 1.54) is 5.56 Å². The Morgan fingerprint density at radius 2 is 1.69 bits per heavy atom. The molecule has 148 valence electrons. The van der Waals surface area contributed by atoms with Crippen LogP contribution in [0.2, 0.25) is 0 Å². The fourth-order valence-electron chi connectivity index (χ4n) is 3.45. The predicted octanol–water partition coefficient (Wildman–Crippen LogP) is 4.09. The number of carbonyl (C=O) groups is 1. The number of methoxy groups -OCH3 is 2. The van der Waals surface area contributed by atoms with E-state index in [4.69, 9.17) is 14.2 Å². The van der Waals surface area contributed by atoms with Gasteiger partial charge in [-0.2, -0.15) is 0 Å². The van der Waals surface area contributed by atoms with E-state index in [1.807, 2.05) is 47.4 Å². The van der Waals surface area contributed by atoms with E-state index < -0.39 is 0 Å². The van der Waals surface area contributed by atoms with Crippen molar-refractivity contribution in [1.82, 2.24) is 9.88 Å². The number of benzene rings is 2. The normalized spacial score (nSPS) is 12.8. The smallest absolute Gasteiger partial charge is 0.254 e. The molecule has 29 heavy (non-hydrogen) atoms. The van der Waals surface area contributed by atoms with Gasteiger partial charge in [-0.3, -0.25) is 4.79 Å². The van der Waals surface area contributed by atoms with Gasteiger partial charge in [0, 0.05) is 30.9 Å². The monoisotopic (exact) mass is 390 g/mol.